The number of nitrogens with zero attached hydrogens (tertiary/aromatic N) is 4. The van der Waals surface area contributed by atoms with Crippen LogP contribution in [0, 0.1) is 27.7 Å². The van der Waals surface area contributed by atoms with Crippen LogP contribution in [0.3, 0.4) is 0 Å². The third-order valence-corrected chi connectivity index (χ3v) is 12.6. The van der Waals surface area contributed by atoms with Crippen LogP contribution in [0.25, 0.3) is 33.7 Å². The maximum absolute atomic E-state index is 2.48. The topological polar surface area (TPSA) is 14.2 Å². The number of hydrogen-bond acceptors (Lipinski definition) is 4. The van der Waals surface area contributed by atoms with Crippen molar-refractivity contribution in [1.29, 1.82) is 0 Å². The lowest BCUT2D eigenvalue weighted by molar-refractivity contribution is -0.719. The molecule has 2 aliphatic heterocycles. The number of aryl methyl sites for hydroxylation is 4. The quantitative estimate of drug-likeness (QED) is 0.122. The van der Waals surface area contributed by atoms with E-state index in [1.54, 1.807) is 0 Å². The molecule has 4 nitrogen and oxygen atoms in total. The molecule has 0 saturated heterocycles. The van der Waals surface area contributed by atoms with E-state index in [2.05, 4.69) is 170 Å². The Hall–Kier alpha value is -4.52. The second-order valence-corrected chi connectivity index (χ2v) is 15.8. The number of hydrogen-bond donors (Lipinski definition) is 0. The Kier molecular flexibility index (Phi) is 8.70. The van der Waals surface area contributed by atoms with Crippen LogP contribution in [0.4, 0.5) is 11.4 Å². The van der Waals surface area contributed by atoms with Crippen molar-refractivity contribution in [3.8, 4) is 0 Å². The molecule has 4 heterocycles. The van der Waals surface area contributed by atoms with Gasteiger partial charge in [0.15, 0.2) is 22.8 Å². The molecule has 0 bridgehead atoms. The van der Waals surface area contributed by atoms with Crippen LogP contribution in [0.1, 0.15) is 46.7 Å². The minimum Gasteiger partial charge on any atom is -0.338 e. The molecule has 0 aliphatic carbocycles. The van der Waals surface area contributed by atoms with E-state index in [1.165, 1.54) is 86.7 Å². The molecule has 0 fully saturated rings. The normalized spacial score (nSPS) is 15.6. The Morgan fingerprint density at radius 3 is 1.30 bits per heavy atom. The first-order chi connectivity index (χ1) is 24.2. The monoisotopic (exact) mass is 692 g/mol. The summed E-state index contributed by atoms with van der Waals surface area (Å²) in [5.41, 5.74) is 10.4. The first kappa shape index (κ1) is 32.7. The highest BCUT2D eigenvalue weighted by Crippen LogP contribution is 2.50. The van der Waals surface area contributed by atoms with Crippen molar-refractivity contribution in [1.82, 2.24) is 0 Å². The van der Waals surface area contributed by atoms with Gasteiger partial charge in [0.2, 0.25) is 0 Å². The maximum atomic E-state index is 2.48. The third kappa shape index (κ3) is 5.99. The van der Waals surface area contributed by atoms with Gasteiger partial charge >= 0.3 is 0 Å². The first-order valence-corrected chi connectivity index (χ1v) is 19.2. The SMILES string of the molecule is Cc1cc(C=C2Sc3ccc4ccccc4c3N2C)cc(C)[n+]1CCCC[n+]1c(C)cc(C=C2Sc3ccc4ccccc4c3N2C)cc1C. The number of rotatable bonds is 7. The molecule has 8 rings (SSSR count). The lowest BCUT2D eigenvalue weighted by Gasteiger charge is -2.16. The van der Waals surface area contributed by atoms with Crippen LogP contribution in [0.2, 0.25) is 0 Å². The molecule has 0 radical (unpaired) electrons. The van der Waals surface area contributed by atoms with Gasteiger partial charge in [0, 0.05) is 99.5 Å². The number of thioether (sulfide) groups is 2. The largest absolute Gasteiger partial charge is 0.338 e. The van der Waals surface area contributed by atoms with Gasteiger partial charge in [0.05, 0.1) is 21.4 Å². The predicted molar refractivity (Wildman–Crippen MR) is 214 cm³/mol. The van der Waals surface area contributed by atoms with Crippen molar-refractivity contribution in [2.45, 2.75) is 63.4 Å². The van der Waals surface area contributed by atoms with Crippen LogP contribution >= 0.6 is 23.5 Å². The Morgan fingerprint density at radius 2 is 0.900 bits per heavy atom. The van der Waals surface area contributed by atoms with Gasteiger partial charge in [-0.3, -0.25) is 0 Å². The number of unbranched alkanes of at least 4 members (excludes halogenated alkanes) is 1. The van der Waals surface area contributed by atoms with Gasteiger partial charge in [0.25, 0.3) is 0 Å². The van der Waals surface area contributed by atoms with Crippen molar-refractivity contribution in [3.63, 3.8) is 0 Å². The zero-order valence-corrected chi connectivity index (χ0v) is 31.5. The van der Waals surface area contributed by atoms with Gasteiger partial charge in [0.1, 0.15) is 13.1 Å². The summed E-state index contributed by atoms with van der Waals surface area (Å²) in [6.45, 7) is 11.1. The molecule has 4 aromatic carbocycles. The van der Waals surface area contributed by atoms with Gasteiger partial charge in [-0.2, -0.15) is 0 Å². The van der Waals surface area contributed by atoms with Gasteiger partial charge in [-0.05, 0) is 46.2 Å². The van der Waals surface area contributed by atoms with E-state index >= 15 is 0 Å². The van der Waals surface area contributed by atoms with E-state index in [9.17, 15) is 0 Å². The number of anilines is 2. The summed E-state index contributed by atoms with van der Waals surface area (Å²) in [4.78, 5) is 7.36. The van der Waals surface area contributed by atoms with Crippen LogP contribution < -0.4 is 18.9 Å². The van der Waals surface area contributed by atoms with Gasteiger partial charge in [-0.15, -0.1) is 0 Å². The zero-order chi connectivity index (χ0) is 34.5. The van der Waals surface area contributed by atoms with Crippen molar-refractivity contribution in [3.05, 3.63) is 141 Å². The fraction of sp³-hybridized carbons (Fsp3) is 0.227. The standard InChI is InChI=1S/C44H44N4S2/c1-29-23-33(27-41-45(5)43-37-15-9-7-13-35(37)17-19-39(43)49-41)24-30(2)47(29)21-11-12-22-48-31(3)25-34(26-32(48)4)28-42-46(6)44-38-16-10-8-14-36(38)18-20-40(44)50-42/h7-10,13-20,23-28H,11-12,21-22H2,1-6H3/q+2. The summed E-state index contributed by atoms with van der Waals surface area (Å²) >= 11 is 3.73. The molecule has 0 atom stereocenters. The molecule has 6 aromatic rings. The molecule has 0 saturated carbocycles. The van der Waals surface area contributed by atoms with Crippen molar-refractivity contribution < 1.29 is 9.13 Å². The molecule has 0 amide bonds. The van der Waals surface area contributed by atoms with E-state index in [4.69, 9.17) is 0 Å². The van der Waals surface area contributed by atoms with Crippen LogP contribution in [-0.2, 0) is 13.1 Å². The number of aromatic nitrogens is 2. The maximum Gasteiger partial charge on any atom is 0.179 e. The van der Waals surface area contributed by atoms with Gasteiger partial charge < -0.3 is 9.80 Å². The first-order valence-electron chi connectivity index (χ1n) is 17.6. The summed E-state index contributed by atoms with van der Waals surface area (Å²) in [6.07, 6.45) is 6.96. The second-order valence-electron chi connectivity index (χ2n) is 13.7. The molecule has 0 spiro atoms. The van der Waals surface area contributed by atoms with E-state index in [1.807, 2.05) is 23.5 Å². The number of pyridine rings is 2. The Morgan fingerprint density at radius 1 is 0.520 bits per heavy atom. The van der Waals surface area contributed by atoms with E-state index < -0.39 is 0 Å². The van der Waals surface area contributed by atoms with Crippen molar-refractivity contribution >= 4 is 68.6 Å². The van der Waals surface area contributed by atoms with Crippen LogP contribution in [0.5, 0.6) is 0 Å². The molecule has 6 heteroatoms. The van der Waals surface area contributed by atoms with E-state index in [0.29, 0.717) is 0 Å². The molecule has 0 unspecified atom stereocenters. The molecule has 2 aliphatic rings. The highest BCUT2D eigenvalue weighted by molar-refractivity contribution is 8.04. The molecular formula is C44H44N4S2+2. The number of fused-ring (bicyclic) bond motifs is 6. The highest BCUT2D eigenvalue weighted by Gasteiger charge is 2.26. The summed E-state index contributed by atoms with van der Waals surface area (Å²) in [5, 5.41) is 7.75. The van der Waals surface area contributed by atoms with E-state index in [-0.39, 0.29) is 0 Å². The van der Waals surface area contributed by atoms with Crippen LogP contribution in [0.15, 0.2) is 117 Å². The molecule has 250 valence electrons. The molecule has 50 heavy (non-hydrogen) atoms. The lowest BCUT2D eigenvalue weighted by atomic mass is 10.1. The fourth-order valence-corrected chi connectivity index (χ4v) is 10.0. The summed E-state index contributed by atoms with van der Waals surface area (Å²) < 4.78 is 4.96. The summed E-state index contributed by atoms with van der Waals surface area (Å²) in [7, 11) is 4.39. The van der Waals surface area contributed by atoms with Gasteiger partial charge in [-0.1, -0.05) is 84.2 Å². The molecular weight excluding hydrogens is 649 g/mol. The third-order valence-electron chi connectivity index (χ3n) is 10.3. The molecule has 0 N–H and O–H groups in total. The van der Waals surface area contributed by atoms with Crippen LogP contribution in [-0.4, -0.2) is 14.1 Å². The minimum atomic E-state index is 1.03. The summed E-state index contributed by atoms with van der Waals surface area (Å²) in [5.74, 6) is 0. The van der Waals surface area contributed by atoms with Crippen molar-refractivity contribution in [2.75, 3.05) is 23.9 Å². The highest BCUT2D eigenvalue weighted by atomic mass is 32.2. The fourth-order valence-electron chi connectivity index (χ4n) is 7.78. The smallest absolute Gasteiger partial charge is 0.179 e. The van der Waals surface area contributed by atoms with Gasteiger partial charge in [-0.25, -0.2) is 9.13 Å². The Bertz CT molecular complexity index is 2160. The average Bonchev–Trinajstić information content (AvgIpc) is 3.60. The zero-order valence-electron chi connectivity index (χ0n) is 29.8. The predicted octanol–water partition coefficient (Wildman–Crippen LogP) is 10.4. The number of benzene rings is 4. The Balaban J connectivity index is 0.917. The summed E-state index contributed by atoms with van der Waals surface area (Å²) in [6, 6.07) is 35.7. The average molecular weight is 693 g/mol. The Labute approximate surface area is 304 Å². The minimum absolute atomic E-state index is 1.03. The second kappa shape index (κ2) is 13.3. The molecule has 2 aromatic heterocycles. The lowest BCUT2D eigenvalue weighted by Crippen LogP contribution is -2.42. The van der Waals surface area contributed by atoms with Crippen molar-refractivity contribution in [2.24, 2.45) is 0 Å². The van der Waals surface area contributed by atoms with E-state index in [0.717, 1.165) is 25.9 Å².